The molecule has 5 aromatic rings. The van der Waals surface area contributed by atoms with Crippen LogP contribution in [0.3, 0.4) is 0 Å². The molecule has 0 amide bonds. The van der Waals surface area contributed by atoms with Crippen molar-refractivity contribution in [3.8, 4) is 28.6 Å². The topological polar surface area (TPSA) is 36.3 Å². The molecule has 0 saturated heterocycles. The minimum atomic E-state index is 0.435. The molecule has 0 aliphatic rings. The molecule has 4 heteroatoms. The van der Waals surface area contributed by atoms with Crippen molar-refractivity contribution in [3.63, 3.8) is 0 Å². The fourth-order valence-corrected chi connectivity index (χ4v) is 3.61. The van der Waals surface area contributed by atoms with Gasteiger partial charge in [0.2, 0.25) is 11.8 Å². The SMILES string of the molecule is c1ccc(COc2ccc(-c3ccc(-n4cccc4)cc3)c(OCc3ccccc3)n2)cc1. The number of aromatic nitrogens is 2. The zero-order chi connectivity index (χ0) is 22.3. The molecule has 0 unspecified atom stereocenters. The third-order valence-corrected chi connectivity index (χ3v) is 5.36. The minimum Gasteiger partial charge on any atom is -0.473 e. The van der Waals surface area contributed by atoms with Crippen LogP contribution in [0.15, 0.2) is 122 Å². The van der Waals surface area contributed by atoms with E-state index in [0.29, 0.717) is 25.0 Å². The summed E-state index contributed by atoms with van der Waals surface area (Å²) in [6.07, 6.45) is 4.06. The Balaban J connectivity index is 1.41. The van der Waals surface area contributed by atoms with Gasteiger partial charge in [0, 0.05) is 29.7 Å². The number of rotatable bonds is 8. The van der Waals surface area contributed by atoms with Crippen molar-refractivity contribution in [2.45, 2.75) is 13.2 Å². The summed E-state index contributed by atoms with van der Waals surface area (Å²) in [6.45, 7) is 0.890. The van der Waals surface area contributed by atoms with Gasteiger partial charge in [0.25, 0.3) is 0 Å². The maximum Gasteiger partial charge on any atom is 0.225 e. The van der Waals surface area contributed by atoms with Gasteiger partial charge in [0.15, 0.2) is 0 Å². The molecular formula is C29H24N2O2. The molecule has 0 saturated carbocycles. The van der Waals surface area contributed by atoms with Crippen LogP contribution < -0.4 is 9.47 Å². The van der Waals surface area contributed by atoms with Crippen molar-refractivity contribution in [2.75, 3.05) is 0 Å². The second-order valence-electron chi connectivity index (χ2n) is 7.69. The van der Waals surface area contributed by atoms with Gasteiger partial charge in [-0.25, -0.2) is 0 Å². The number of ether oxygens (including phenoxy) is 2. The molecule has 0 N–H and O–H groups in total. The molecular weight excluding hydrogens is 408 g/mol. The Kier molecular flexibility index (Phi) is 6.16. The lowest BCUT2D eigenvalue weighted by Crippen LogP contribution is -2.02. The second-order valence-corrected chi connectivity index (χ2v) is 7.69. The van der Waals surface area contributed by atoms with Gasteiger partial charge in [-0.1, -0.05) is 72.8 Å². The first-order valence-electron chi connectivity index (χ1n) is 10.9. The van der Waals surface area contributed by atoms with E-state index < -0.39 is 0 Å². The summed E-state index contributed by atoms with van der Waals surface area (Å²) in [6, 6.07) is 36.5. The van der Waals surface area contributed by atoms with Crippen LogP contribution in [0.2, 0.25) is 0 Å². The molecule has 0 radical (unpaired) electrons. The van der Waals surface area contributed by atoms with E-state index >= 15 is 0 Å². The summed E-state index contributed by atoms with van der Waals surface area (Å²) in [5, 5.41) is 0. The Morgan fingerprint density at radius 3 is 1.82 bits per heavy atom. The second kappa shape index (κ2) is 9.88. The number of pyridine rings is 1. The molecule has 162 valence electrons. The summed E-state index contributed by atoms with van der Waals surface area (Å²) in [7, 11) is 0. The van der Waals surface area contributed by atoms with Gasteiger partial charge in [-0.05, 0) is 47.0 Å². The predicted molar refractivity (Wildman–Crippen MR) is 131 cm³/mol. The van der Waals surface area contributed by atoms with Crippen LogP contribution in [0.5, 0.6) is 11.8 Å². The highest BCUT2D eigenvalue weighted by molar-refractivity contribution is 5.70. The lowest BCUT2D eigenvalue weighted by Gasteiger charge is -2.14. The summed E-state index contributed by atoms with van der Waals surface area (Å²) in [4.78, 5) is 4.70. The Hall–Kier alpha value is -4.31. The van der Waals surface area contributed by atoms with E-state index in [2.05, 4.69) is 28.8 Å². The van der Waals surface area contributed by atoms with Crippen LogP contribution in [0, 0.1) is 0 Å². The summed E-state index contributed by atoms with van der Waals surface area (Å²) >= 11 is 0. The Morgan fingerprint density at radius 2 is 1.18 bits per heavy atom. The van der Waals surface area contributed by atoms with E-state index in [1.807, 2.05) is 97.3 Å². The molecule has 0 bridgehead atoms. The first kappa shape index (κ1) is 20.6. The Bertz CT molecular complexity index is 1280. The monoisotopic (exact) mass is 432 g/mol. The molecule has 33 heavy (non-hydrogen) atoms. The molecule has 3 aromatic carbocycles. The first-order chi connectivity index (χ1) is 16.3. The quantitative estimate of drug-likeness (QED) is 0.274. The Labute approximate surface area is 193 Å². The molecule has 0 aliphatic carbocycles. The zero-order valence-corrected chi connectivity index (χ0v) is 18.2. The lowest BCUT2D eigenvalue weighted by atomic mass is 10.1. The van der Waals surface area contributed by atoms with Gasteiger partial charge in [-0.2, -0.15) is 4.98 Å². The van der Waals surface area contributed by atoms with Crippen molar-refractivity contribution in [1.29, 1.82) is 0 Å². The van der Waals surface area contributed by atoms with Gasteiger partial charge >= 0.3 is 0 Å². The molecule has 0 atom stereocenters. The maximum atomic E-state index is 6.18. The van der Waals surface area contributed by atoms with E-state index in [1.165, 1.54) is 0 Å². The summed E-state index contributed by atoms with van der Waals surface area (Å²) in [5.41, 5.74) is 5.25. The smallest absolute Gasteiger partial charge is 0.225 e. The molecule has 0 spiro atoms. The Morgan fingerprint density at radius 1 is 0.576 bits per heavy atom. The van der Waals surface area contributed by atoms with E-state index in [-0.39, 0.29) is 0 Å². The molecule has 0 fully saturated rings. The minimum absolute atomic E-state index is 0.435. The molecule has 2 heterocycles. The van der Waals surface area contributed by atoms with Crippen LogP contribution >= 0.6 is 0 Å². The average molecular weight is 433 g/mol. The van der Waals surface area contributed by atoms with E-state index in [1.54, 1.807) is 0 Å². The van der Waals surface area contributed by atoms with Crippen molar-refractivity contribution in [1.82, 2.24) is 9.55 Å². The third kappa shape index (κ3) is 5.13. The highest BCUT2D eigenvalue weighted by Crippen LogP contribution is 2.32. The van der Waals surface area contributed by atoms with Crippen LogP contribution in [-0.4, -0.2) is 9.55 Å². The van der Waals surface area contributed by atoms with Crippen LogP contribution in [0.4, 0.5) is 0 Å². The molecule has 0 aliphatic heterocycles. The van der Waals surface area contributed by atoms with Crippen LogP contribution in [0.25, 0.3) is 16.8 Å². The maximum absolute atomic E-state index is 6.18. The standard InChI is InChI=1S/C29H24N2O2/c1-3-9-23(10-4-1)21-32-28-18-17-27(29(30-28)33-22-24-11-5-2-6-12-24)25-13-15-26(16-14-25)31-19-7-8-20-31/h1-20H,21-22H2. The van der Waals surface area contributed by atoms with Crippen molar-refractivity contribution >= 4 is 0 Å². The van der Waals surface area contributed by atoms with Crippen molar-refractivity contribution in [3.05, 3.63) is 133 Å². The van der Waals surface area contributed by atoms with E-state index in [4.69, 9.17) is 14.5 Å². The van der Waals surface area contributed by atoms with Gasteiger partial charge in [0.1, 0.15) is 13.2 Å². The molecule has 5 rings (SSSR count). The lowest BCUT2D eigenvalue weighted by molar-refractivity contribution is 0.268. The highest BCUT2D eigenvalue weighted by atomic mass is 16.5. The number of benzene rings is 3. The number of hydrogen-bond donors (Lipinski definition) is 0. The van der Waals surface area contributed by atoms with E-state index in [9.17, 15) is 0 Å². The summed E-state index contributed by atoms with van der Waals surface area (Å²) in [5.74, 6) is 1.09. The van der Waals surface area contributed by atoms with Crippen molar-refractivity contribution < 1.29 is 9.47 Å². The van der Waals surface area contributed by atoms with Gasteiger partial charge in [0.05, 0.1) is 0 Å². The predicted octanol–water partition coefficient (Wildman–Crippen LogP) is 6.70. The van der Waals surface area contributed by atoms with Gasteiger partial charge < -0.3 is 14.0 Å². The normalized spacial score (nSPS) is 10.7. The van der Waals surface area contributed by atoms with Crippen LogP contribution in [-0.2, 0) is 13.2 Å². The first-order valence-corrected chi connectivity index (χ1v) is 10.9. The van der Waals surface area contributed by atoms with Crippen molar-refractivity contribution in [2.24, 2.45) is 0 Å². The van der Waals surface area contributed by atoms with Gasteiger partial charge in [-0.15, -0.1) is 0 Å². The highest BCUT2D eigenvalue weighted by Gasteiger charge is 2.12. The fraction of sp³-hybridized carbons (Fsp3) is 0.0690. The van der Waals surface area contributed by atoms with Crippen LogP contribution in [0.1, 0.15) is 11.1 Å². The number of hydrogen-bond acceptors (Lipinski definition) is 3. The summed E-state index contributed by atoms with van der Waals surface area (Å²) < 4.78 is 14.2. The largest absolute Gasteiger partial charge is 0.473 e. The zero-order valence-electron chi connectivity index (χ0n) is 18.2. The third-order valence-electron chi connectivity index (χ3n) is 5.36. The average Bonchev–Trinajstić information content (AvgIpc) is 3.43. The van der Waals surface area contributed by atoms with E-state index in [0.717, 1.165) is 27.9 Å². The fourth-order valence-electron chi connectivity index (χ4n) is 3.61. The molecule has 4 nitrogen and oxygen atoms in total. The molecule has 2 aromatic heterocycles. The van der Waals surface area contributed by atoms with Gasteiger partial charge in [-0.3, -0.25) is 0 Å². The number of nitrogens with zero attached hydrogens (tertiary/aromatic N) is 2.